The second-order valence-electron chi connectivity index (χ2n) is 5.33. The van der Waals surface area contributed by atoms with Crippen molar-refractivity contribution in [1.29, 1.82) is 0 Å². The Morgan fingerprint density at radius 2 is 1.74 bits per heavy atom. The number of rotatable bonds is 1. The molecule has 3 heterocycles. The van der Waals surface area contributed by atoms with Gasteiger partial charge < -0.3 is 4.74 Å². The summed E-state index contributed by atoms with van der Waals surface area (Å²) in [6.07, 6.45) is 1.40. The number of nitrogens with zero attached hydrogens (tertiary/aromatic N) is 1. The molecule has 0 aromatic heterocycles. The average molecular weight is 261 g/mol. The van der Waals surface area contributed by atoms with Gasteiger partial charge in [0.05, 0.1) is 29.7 Å². The third-order valence-corrected chi connectivity index (χ3v) is 4.35. The monoisotopic (exact) mass is 261 g/mol. The van der Waals surface area contributed by atoms with E-state index in [2.05, 4.69) is 0 Å². The summed E-state index contributed by atoms with van der Waals surface area (Å²) < 4.78 is 18.9. The van der Waals surface area contributed by atoms with E-state index in [1.807, 2.05) is 0 Å². The van der Waals surface area contributed by atoms with E-state index in [1.165, 1.54) is 18.2 Å². The topological polar surface area (TPSA) is 46.6 Å². The molecule has 4 atom stereocenters. The van der Waals surface area contributed by atoms with Crippen molar-refractivity contribution >= 4 is 17.5 Å². The van der Waals surface area contributed by atoms with Gasteiger partial charge in [0.15, 0.2) is 0 Å². The summed E-state index contributed by atoms with van der Waals surface area (Å²) in [7, 11) is 0. The molecule has 19 heavy (non-hydrogen) atoms. The van der Waals surface area contributed by atoms with E-state index >= 15 is 0 Å². The van der Waals surface area contributed by atoms with Gasteiger partial charge >= 0.3 is 0 Å². The van der Waals surface area contributed by atoms with Gasteiger partial charge in [-0.2, -0.15) is 0 Å². The highest BCUT2D eigenvalue weighted by Gasteiger charge is 2.62. The van der Waals surface area contributed by atoms with Crippen molar-refractivity contribution in [2.45, 2.75) is 25.0 Å². The number of fused-ring (bicyclic) bond motifs is 5. The second-order valence-corrected chi connectivity index (χ2v) is 5.33. The quantitative estimate of drug-likeness (QED) is 0.720. The Hall–Kier alpha value is -1.75. The van der Waals surface area contributed by atoms with Crippen LogP contribution in [0.3, 0.4) is 0 Å². The summed E-state index contributed by atoms with van der Waals surface area (Å²) in [5, 5.41) is 0. The first-order valence-corrected chi connectivity index (χ1v) is 6.45. The molecule has 3 aliphatic rings. The van der Waals surface area contributed by atoms with Crippen LogP contribution in [0.2, 0.25) is 0 Å². The Morgan fingerprint density at radius 3 is 2.32 bits per heavy atom. The van der Waals surface area contributed by atoms with Crippen LogP contribution in [-0.2, 0) is 14.3 Å². The number of hydrogen-bond donors (Lipinski definition) is 0. The van der Waals surface area contributed by atoms with Crippen molar-refractivity contribution in [3.8, 4) is 0 Å². The van der Waals surface area contributed by atoms with Gasteiger partial charge in [-0.1, -0.05) is 6.07 Å². The summed E-state index contributed by atoms with van der Waals surface area (Å²) in [6, 6.07) is 5.61. The summed E-state index contributed by atoms with van der Waals surface area (Å²) in [5.41, 5.74) is 0.323. The van der Waals surface area contributed by atoms with E-state index in [1.54, 1.807) is 6.07 Å². The maximum absolute atomic E-state index is 13.3. The molecule has 4 rings (SSSR count). The Balaban J connectivity index is 1.75. The molecule has 5 heteroatoms. The molecule has 3 aliphatic heterocycles. The Bertz CT molecular complexity index is 560. The maximum Gasteiger partial charge on any atom is 0.240 e. The van der Waals surface area contributed by atoms with Crippen LogP contribution in [0.25, 0.3) is 0 Å². The maximum atomic E-state index is 13.3. The third-order valence-electron chi connectivity index (χ3n) is 4.35. The summed E-state index contributed by atoms with van der Waals surface area (Å²) in [4.78, 5) is 25.9. The highest BCUT2D eigenvalue weighted by molar-refractivity contribution is 6.22. The van der Waals surface area contributed by atoms with Crippen molar-refractivity contribution in [2.24, 2.45) is 11.8 Å². The van der Waals surface area contributed by atoms with Gasteiger partial charge in [0.2, 0.25) is 11.8 Å². The van der Waals surface area contributed by atoms with E-state index in [9.17, 15) is 14.0 Å². The zero-order valence-electron chi connectivity index (χ0n) is 10.1. The van der Waals surface area contributed by atoms with Gasteiger partial charge in [0, 0.05) is 0 Å². The number of imide groups is 1. The molecule has 3 saturated heterocycles. The second kappa shape index (κ2) is 3.63. The number of hydrogen-bond acceptors (Lipinski definition) is 3. The van der Waals surface area contributed by atoms with E-state index in [4.69, 9.17) is 4.74 Å². The van der Waals surface area contributed by atoms with Crippen LogP contribution in [0.15, 0.2) is 24.3 Å². The molecule has 0 spiro atoms. The third kappa shape index (κ3) is 1.36. The van der Waals surface area contributed by atoms with Crippen LogP contribution >= 0.6 is 0 Å². The van der Waals surface area contributed by atoms with Crippen LogP contribution in [-0.4, -0.2) is 24.0 Å². The predicted octanol–water partition coefficient (Wildman–Crippen LogP) is 1.49. The van der Waals surface area contributed by atoms with E-state index < -0.39 is 5.82 Å². The SMILES string of the molecule is O=C1[C@@H]2[C@H](C(=O)N1c1cccc(F)c1)[C@@H]1CC[C@H]2O1. The highest BCUT2D eigenvalue weighted by Crippen LogP contribution is 2.49. The number of carbonyl (C=O) groups is 2. The smallest absolute Gasteiger partial charge is 0.240 e. The van der Waals surface area contributed by atoms with Crippen LogP contribution in [0.1, 0.15) is 12.8 Å². The largest absolute Gasteiger partial charge is 0.373 e. The molecule has 0 aliphatic carbocycles. The van der Waals surface area contributed by atoms with Gasteiger partial charge in [-0.05, 0) is 31.0 Å². The van der Waals surface area contributed by atoms with Crippen LogP contribution in [0.4, 0.5) is 10.1 Å². The lowest BCUT2D eigenvalue weighted by Gasteiger charge is -2.17. The molecule has 0 N–H and O–H groups in total. The van der Waals surface area contributed by atoms with Gasteiger partial charge in [0.1, 0.15) is 5.82 Å². The van der Waals surface area contributed by atoms with Crippen molar-refractivity contribution in [1.82, 2.24) is 0 Å². The standard InChI is InChI=1S/C14H12FNO3/c15-7-2-1-3-8(6-7)16-13(17)11-9-4-5-10(19-9)12(11)14(16)18/h1-3,6,9-12H,4-5H2/t9-,10+,11+,12-. The van der Waals surface area contributed by atoms with Crippen LogP contribution < -0.4 is 4.90 Å². The molecule has 2 bridgehead atoms. The molecule has 0 unspecified atom stereocenters. The normalized spacial score (nSPS) is 36.2. The zero-order chi connectivity index (χ0) is 13.1. The molecule has 0 saturated carbocycles. The zero-order valence-corrected chi connectivity index (χ0v) is 10.1. The first-order valence-electron chi connectivity index (χ1n) is 6.45. The molecule has 1 aromatic carbocycles. The van der Waals surface area contributed by atoms with Gasteiger partial charge in [0.25, 0.3) is 0 Å². The van der Waals surface area contributed by atoms with Crippen molar-refractivity contribution < 1.29 is 18.7 Å². The first kappa shape index (κ1) is 11.1. The molecule has 2 amide bonds. The molecule has 1 aromatic rings. The van der Waals surface area contributed by atoms with Crippen LogP contribution in [0, 0.1) is 17.7 Å². The number of carbonyl (C=O) groups excluding carboxylic acids is 2. The fraction of sp³-hybridized carbons (Fsp3) is 0.429. The first-order chi connectivity index (χ1) is 9.16. The fourth-order valence-corrected chi connectivity index (χ4v) is 3.58. The summed E-state index contributed by atoms with van der Waals surface area (Å²) in [5.74, 6) is -1.67. The van der Waals surface area contributed by atoms with E-state index in [0.717, 1.165) is 17.7 Å². The summed E-state index contributed by atoms with van der Waals surface area (Å²) >= 11 is 0. The van der Waals surface area contributed by atoms with E-state index in [0.29, 0.717) is 5.69 Å². The van der Waals surface area contributed by atoms with Crippen LogP contribution in [0.5, 0.6) is 0 Å². The minimum Gasteiger partial charge on any atom is -0.373 e. The van der Waals surface area contributed by atoms with Gasteiger partial charge in [-0.15, -0.1) is 0 Å². The Labute approximate surface area is 109 Å². The fourth-order valence-electron chi connectivity index (χ4n) is 3.58. The van der Waals surface area contributed by atoms with E-state index in [-0.39, 0.29) is 35.9 Å². The lowest BCUT2D eigenvalue weighted by Crippen LogP contribution is -2.34. The summed E-state index contributed by atoms with van der Waals surface area (Å²) in [6.45, 7) is 0. The number of amides is 2. The molecule has 98 valence electrons. The minimum absolute atomic E-state index is 0.134. The van der Waals surface area contributed by atoms with Gasteiger partial charge in [-0.25, -0.2) is 9.29 Å². The average Bonchev–Trinajstić information content (AvgIpc) is 3.04. The lowest BCUT2D eigenvalue weighted by atomic mass is 9.81. The molecule has 0 radical (unpaired) electrons. The highest BCUT2D eigenvalue weighted by atomic mass is 19.1. The molecule has 3 fully saturated rings. The van der Waals surface area contributed by atoms with Crippen molar-refractivity contribution in [3.05, 3.63) is 30.1 Å². The molecular weight excluding hydrogens is 249 g/mol. The number of benzene rings is 1. The number of anilines is 1. The number of ether oxygens (including phenoxy) is 1. The molecule has 4 nitrogen and oxygen atoms in total. The Kier molecular flexibility index (Phi) is 2.12. The van der Waals surface area contributed by atoms with Crippen molar-refractivity contribution in [2.75, 3.05) is 4.90 Å². The number of halogens is 1. The van der Waals surface area contributed by atoms with Crippen molar-refractivity contribution in [3.63, 3.8) is 0 Å². The lowest BCUT2D eigenvalue weighted by molar-refractivity contribution is -0.124. The minimum atomic E-state index is -0.450. The Morgan fingerprint density at radius 1 is 1.11 bits per heavy atom. The predicted molar refractivity (Wildman–Crippen MR) is 63.8 cm³/mol. The molecular formula is C14H12FNO3. The van der Waals surface area contributed by atoms with Gasteiger partial charge in [-0.3, -0.25) is 9.59 Å².